The SMILES string of the molecule is CCOCCCNC(=O)NCc1ccc2cc(OC)ccc2c1. The van der Waals surface area contributed by atoms with E-state index in [0.717, 1.165) is 28.5 Å². The van der Waals surface area contributed by atoms with Crippen LogP contribution >= 0.6 is 0 Å². The van der Waals surface area contributed by atoms with Gasteiger partial charge in [-0.05, 0) is 47.9 Å². The summed E-state index contributed by atoms with van der Waals surface area (Å²) in [5, 5.41) is 7.93. The molecule has 0 saturated heterocycles. The molecule has 23 heavy (non-hydrogen) atoms. The van der Waals surface area contributed by atoms with Gasteiger partial charge < -0.3 is 20.1 Å². The van der Waals surface area contributed by atoms with Crippen LogP contribution in [0.3, 0.4) is 0 Å². The van der Waals surface area contributed by atoms with Crippen molar-refractivity contribution in [3.63, 3.8) is 0 Å². The molecule has 0 aliphatic rings. The highest BCUT2D eigenvalue weighted by Gasteiger charge is 2.02. The Bertz CT molecular complexity index is 643. The molecular formula is C18H24N2O3. The Labute approximate surface area is 137 Å². The Kier molecular flexibility index (Phi) is 6.69. The highest BCUT2D eigenvalue weighted by molar-refractivity contribution is 5.84. The second kappa shape index (κ2) is 9.00. The minimum Gasteiger partial charge on any atom is -0.497 e. The van der Waals surface area contributed by atoms with Gasteiger partial charge >= 0.3 is 6.03 Å². The summed E-state index contributed by atoms with van der Waals surface area (Å²) < 4.78 is 10.4. The van der Waals surface area contributed by atoms with Gasteiger partial charge in [0.2, 0.25) is 0 Å². The maximum absolute atomic E-state index is 11.7. The highest BCUT2D eigenvalue weighted by atomic mass is 16.5. The third kappa shape index (κ3) is 5.45. The van der Waals surface area contributed by atoms with Crippen molar-refractivity contribution >= 4 is 16.8 Å². The number of amides is 2. The standard InChI is InChI=1S/C18H24N2O3/c1-3-23-10-4-9-19-18(21)20-13-14-5-6-16-12-17(22-2)8-7-15(16)11-14/h5-8,11-12H,3-4,9-10,13H2,1-2H3,(H2,19,20,21). The number of fused-ring (bicyclic) bond motifs is 1. The third-order valence-corrected chi connectivity index (χ3v) is 3.52. The molecule has 0 unspecified atom stereocenters. The largest absolute Gasteiger partial charge is 0.497 e. The summed E-state index contributed by atoms with van der Waals surface area (Å²) in [4.78, 5) is 11.7. The molecule has 5 nitrogen and oxygen atoms in total. The van der Waals surface area contributed by atoms with Crippen LogP contribution in [0.1, 0.15) is 18.9 Å². The number of hydrogen-bond acceptors (Lipinski definition) is 3. The van der Waals surface area contributed by atoms with Crippen LogP contribution in [0.5, 0.6) is 5.75 Å². The van der Waals surface area contributed by atoms with E-state index in [4.69, 9.17) is 9.47 Å². The van der Waals surface area contributed by atoms with E-state index in [1.54, 1.807) is 7.11 Å². The Morgan fingerprint density at radius 2 is 1.87 bits per heavy atom. The summed E-state index contributed by atoms with van der Waals surface area (Å²) in [5.41, 5.74) is 1.06. The van der Waals surface area contributed by atoms with Crippen LogP contribution in [0.4, 0.5) is 4.79 Å². The van der Waals surface area contributed by atoms with Crippen LogP contribution in [0.25, 0.3) is 10.8 Å². The van der Waals surface area contributed by atoms with Crippen LogP contribution in [-0.2, 0) is 11.3 Å². The average molecular weight is 316 g/mol. The number of rotatable bonds is 8. The summed E-state index contributed by atoms with van der Waals surface area (Å²) in [6.07, 6.45) is 0.819. The molecule has 124 valence electrons. The molecule has 0 radical (unpaired) electrons. The van der Waals surface area contributed by atoms with E-state index < -0.39 is 0 Å². The van der Waals surface area contributed by atoms with Gasteiger partial charge in [0.05, 0.1) is 7.11 Å². The van der Waals surface area contributed by atoms with Crippen LogP contribution in [0.2, 0.25) is 0 Å². The smallest absolute Gasteiger partial charge is 0.315 e. The Hall–Kier alpha value is -2.27. The molecule has 0 aliphatic heterocycles. The van der Waals surface area contributed by atoms with Gasteiger partial charge in [-0.15, -0.1) is 0 Å². The zero-order chi connectivity index (χ0) is 16.5. The van der Waals surface area contributed by atoms with E-state index in [-0.39, 0.29) is 6.03 Å². The van der Waals surface area contributed by atoms with Crippen molar-refractivity contribution in [3.8, 4) is 5.75 Å². The van der Waals surface area contributed by atoms with E-state index in [1.807, 2.05) is 37.3 Å². The number of benzene rings is 2. The van der Waals surface area contributed by atoms with Crippen LogP contribution in [0.15, 0.2) is 36.4 Å². The van der Waals surface area contributed by atoms with Crippen molar-refractivity contribution in [3.05, 3.63) is 42.0 Å². The van der Waals surface area contributed by atoms with Crippen molar-refractivity contribution in [2.24, 2.45) is 0 Å². The molecule has 0 heterocycles. The van der Waals surface area contributed by atoms with Crippen molar-refractivity contribution in [1.29, 1.82) is 0 Å². The molecule has 0 fully saturated rings. The minimum absolute atomic E-state index is 0.156. The fraction of sp³-hybridized carbons (Fsp3) is 0.389. The van der Waals surface area contributed by atoms with Crippen molar-refractivity contribution in [1.82, 2.24) is 10.6 Å². The van der Waals surface area contributed by atoms with E-state index in [1.165, 1.54) is 0 Å². The second-order valence-electron chi connectivity index (χ2n) is 5.21. The summed E-state index contributed by atoms with van der Waals surface area (Å²) in [6.45, 7) is 4.45. The summed E-state index contributed by atoms with van der Waals surface area (Å²) in [5.74, 6) is 0.842. The Morgan fingerprint density at radius 3 is 2.65 bits per heavy atom. The molecule has 0 aromatic heterocycles. The first-order valence-corrected chi connectivity index (χ1v) is 7.89. The van der Waals surface area contributed by atoms with Crippen LogP contribution in [0, 0.1) is 0 Å². The lowest BCUT2D eigenvalue weighted by atomic mass is 10.1. The number of nitrogens with one attached hydrogen (secondary N) is 2. The molecule has 0 bridgehead atoms. The van der Waals surface area contributed by atoms with Gasteiger partial charge in [0.1, 0.15) is 5.75 Å². The van der Waals surface area contributed by atoms with Crippen molar-refractivity contribution in [2.45, 2.75) is 19.9 Å². The number of urea groups is 1. The Morgan fingerprint density at radius 1 is 1.09 bits per heavy atom. The number of methoxy groups -OCH3 is 1. The predicted molar refractivity (Wildman–Crippen MR) is 91.8 cm³/mol. The second-order valence-corrected chi connectivity index (χ2v) is 5.21. The highest BCUT2D eigenvalue weighted by Crippen LogP contribution is 2.21. The number of carbonyl (C=O) groups excluding carboxylic acids is 1. The third-order valence-electron chi connectivity index (χ3n) is 3.52. The first kappa shape index (κ1) is 17.1. The molecule has 2 N–H and O–H groups in total. The van der Waals surface area contributed by atoms with Crippen molar-refractivity contribution in [2.75, 3.05) is 26.9 Å². The van der Waals surface area contributed by atoms with E-state index in [9.17, 15) is 4.79 Å². The minimum atomic E-state index is -0.156. The monoisotopic (exact) mass is 316 g/mol. The van der Waals surface area contributed by atoms with Crippen LogP contribution in [-0.4, -0.2) is 32.9 Å². The van der Waals surface area contributed by atoms with Gasteiger partial charge in [-0.1, -0.05) is 18.2 Å². The zero-order valence-electron chi connectivity index (χ0n) is 13.7. The van der Waals surface area contributed by atoms with Gasteiger partial charge in [0, 0.05) is 26.3 Å². The molecule has 0 spiro atoms. The van der Waals surface area contributed by atoms with Gasteiger partial charge in [0.25, 0.3) is 0 Å². The molecule has 2 rings (SSSR count). The van der Waals surface area contributed by atoms with Gasteiger partial charge in [-0.2, -0.15) is 0 Å². The molecule has 2 aromatic rings. The number of hydrogen-bond donors (Lipinski definition) is 2. The lowest BCUT2D eigenvalue weighted by molar-refractivity contribution is 0.145. The normalized spacial score (nSPS) is 10.5. The van der Waals surface area contributed by atoms with E-state index in [2.05, 4.69) is 16.7 Å². The number of carbonyl (C=O) groups is 1. The lowest BCUT2D eigenvalue weighted by Crippen LogP contribution is -2.35. The zero-order valence-corrected chi connectivity index (χ0v) is 13.7. The molecule has 0 aliphatic carbocycles. The van der Waals surface area contributed by atoms with Crippen LogP contribution < -0.4 is 15.4 Å². The van der Waals surface area contributed by atoms with E-state index >= 15 is 0 Å². The van der Waals surface area contributed by atoms with E-state index in [0.29, 0.717) is 26.3 Å². The van der Waals surface area contributed by atoms with Gasteiger partial charge in [-0.3, -0.25) is 0 Å². The molecule has 0 atom stereocenters. The fourth-order valence-electron chi connectivity index (χ4n) is 2.28. The molecule has 5 heteroatoms. The maximum atomic E-state index is 11.7. The first-order chi connectivity index (χ1) is 11.2. The van der Waals surface area contributed by atoms with Gasteiger partial charge in [-0.25, -0.2) is 4.79 Å². The average Bonchev–Trinajstić information content (AvgIpc) is 2.59. The molecule has 0 saturated carbocycles. The van der Waals surface area contributed by atoms with Crippen molar-refractivity contribution < 1.29 is 14.3 Å². The maximum Gasteiger partial charge on any atom is 0.315 e. The lowest BCUT2D eigenvalue weighted by Gasteiger charge is -2.09. The fourth-order valence-corrected chi connectivity index (χ4v) is 2.28. The topological polar surface area (TPSA) is 59.6 Å². The van der Waals surface area contributed by atoms with Gasteiger partial charge in [0.15, 0.2) is 0 Å². The first-order valence-electron chi connectivity index (χ1n) is 7.89. The summed E-state index contributed by atoms with van der Waals surface area (Å²) >= 11 is 0. The molecular weight excluding hydrogens is 292 g/mol. The molecule has 2 aromatic carbocycles. The summed E-state index contributed by atoms with van der Waals surface area (Å²) in [7, 11) is 1.66. The number of ether oxygens (including phenoxy) is 2. The summed E-state index contributed by atoms with van der Waals surface area (Å²) in [6, 6.07) is 11.9. The predicted octanol–water partition coefficient (Wildman–Crippen LogP) is 3.07. The quantitative estimate of drug-likeness (QED) is 0.736. The molecule has 2 amide bonds. The Balaban J connectivity index is 1.81.